The van der Waals surface area contributed by atoms with Crippen LogP contribution in [0.5, 0.6) is 5.75 Å². The molecule has 8 heteroatoms. The van der Waals surface area contributed by atoms with E-state index in [0.717, 1.165) is 59.3 Å². The predicted molar refractivity (Wildman–Crippen MR) is 144 cm³/mol. The fraction of sp³-hybridized carbons (Fsp3) is 0.400. The molecule has 1 aromatic heterocycles. The topological polar surface area (TPSA) is 59.8 Å². The Bertz CT molecular complexity index is 1390. The number of likely N-dealkylation sites (tertiary alicyclic amines) is 1. The number of aryl methyl sites for hydroxylation is 2. The molecule has 7 nitrogen and oxygen atoms in total. The molecule has 3 aliphatic rings. The number of imidazole rings is 1. The Balaban J connectivity index is 1.24. The first-order valence-corrected chi connectivity index (χ1v) is 13.4. The van der Waals surface area contributed by atoms with Crippen LogP contribution in [0, 0.1) is 12.7 Å². The van der Waals surface area contributed by atoms with Gasteiger partial charge in [-0.1, -0.05) is 6.07 Å². The molecule has 1 amide bonds. The van der Waals surface area contributed by atoms with E-state index in [-0.39, 0.29) is 17.8 Å². The molecule has 2 fully saturated rings. The summed E-state index contributed by atoms with van der Waals surface area (Å²) in [7, 11) is 1.65. The fourth-order valence-corrected chi connectivity index (χ4v) is 5.98. The van der Waals surface area contributed by atoms with Crippen LogP contribution < -0.4 is 9.64 Å². The van der Waals surface area contributed by atoms with Crippen molar-refractivity contribution in [3.8, 4) is 11.4 Å². The van der Waals surface area contributed by atoms with Crippen molar-refractivity contribution in [3.63, 3.8) is 0 Å². The monoisotopic (exact) mass is 516 g/mol. The van der Waals surface area contributed by atoms with Gasteiger partial charge in [0.2, 0.25) is 5.91 Å². The maximum Gasteiger partial charge on any atom is 0.250 e. The van der Waals surface area contributed by atoms with E-state index >= 15 is 4.39 Å². The van der Waals surface area contributed by atoms with Crippen molar-refractivity contribution in [2.24, 2.45) is 0 Å². The number of hydrogen-bond acceptors (Lipinski definition) is 5. The summed E-state index contributed by atoms with van der Waals surface area (Å²) in [6.07, 6.45) is 8.98. The van der Waals surface area contributed by atoms with Gasteiger partial charge in [-0.25, -0.2) is 9.37 Å². The van der Waals surface area contributed by atoms with E-state index in [1.54, 1.807) is 19.5 Å². The van der Waals surface area contributed by atoms with Crippen LogP contribution in [0.4, 0.5) is 10.1 Å². The SMILES string of the molecule is COc1cc(/C=C2\CCCN([C@@H]3CCc4cc(N5CCOCC5)c(F)cc43)C2=O)ccc1-n1cnc(C)c1. The number of morpholine rings is 1. The van der Waals surface area contributed by atoms with Gasteiger partial charge in [-0.15, -0.1) is 0 Å². The van der Waals surface area contributed by atoms with Crippen molar-refractivity contribution < 1.29 is 18.7 Å². The maximum atomic E-state index is 15.2. The van der Waals surface area contributed by atoms with Gasteiger partial charge in [-0.05, 0) is 79.6 Å². The summed E-state index contributed by atoms with van der Waals surface area (Å²) < 4.78 is 28.3. The number of piperidine rings is 1. The first-order valence-electron chi connectivity index (χ1n) is 13.4. The van der Waals surface area contributed by atoms with Gasteiger partial charge in [0.25, 0.3) is 0 Å². The van der Waals surface area contributed by atoms with Crippen molar-refractivity contribution in [1.82, 2.24) is 14.5 Å². The van der Waals surface area contributed by atoms with Crippen LogP contribution in [-0.4, -0.2) is 60.3 Å². The third-order valence-electron chi connectivity index (χ3n) is 7.90. The number of carbonyl (C=O) groups is 1. The van der Waals surface area contributed by atoms with E-state index in [9.17, 15) is 4.79 Å². The van der Waals surface area contributed by atoms with Crippen LogP contribution >= 0.6 is 0 Å². The van der Waals surface area contributed by atoms with E-state index in [1.165, 1.54) is 0 Å². The Morgan fingerprint density at radius 3 is 2.71 bits per heavy atom. The minimum Gasteiger partial charge on any atom is -0.495 e. The van der Waals surface area contributed by atoms with Gasteiger partial charge in [0.15, 0.2) is 0 Å². The first-order chi connectivity index (χ1) is 18.5. The van der Waals surface area contributed by atoms with Crippen molar-refractivity contribution in [3.05, 3.63) is 76.6 Å². The number of anilines is 1. The third kappa shape index (κ3) is 4.58. The number of nitrogens with zero attached hydrogens (tertiary/aromatic N) is 4. The quantitative estimate of drug-likeness (QED) is 0.454. The Morgan fingerprint density at radius 1 is 1.11 bits per heavy atom. The van der Waals surface area contributed by atoms with Crippen LogP contribution in [0.1, 0.15) is 47.7 Å². The summed E-state index contributed by atoms with van der Waals surface area (Å²) in [4.78, 5) is 22.0. The van der Waals surface area contributed by atoms with Gasteiger partial charge in [-0.3, -0.25) is 4.79 Å². The molecule has 0 N–H and O–H groups in total. The second-order valence-corrected chi connectivity index (χ2v) is 10.3. The second kappa shape index (κ2) is 10.3. The highest BCUT2D eigenvalue weighted by atomic mass is 19.1. The Hall–Kier alpha value is -3.65. The molecule has 0 unspecified atom stereocenters. The van der Waals surface area contributed by atoms with Crippen LogP contribution in [0.25, 0.3) is 11.8 Å². The highest BCUT2D eigenvalue weighted by Gasteiger charge is 2.35. The standard InChI is InChI=1S/C30H33FN4O3/c1-20-18-34(19-32-20)27-7-5-21(15-29(27)37-2)14-23-4-3-9-35(30(23)36)26-8-6-22-16-28(25(31)17-24(22)26)33-10-12-38-13-11-33/h5,7,14-19,26H,3-4,6,8-13H2,1-2H3/b23-14+/t26-/m1/s1. The molecule has 2 aromatic carbocycles. The smallest absolute Gasteiger partial charge is 0.250 e. The molecule has 0 saturated carbocycles. The number of methoxy groups -OCH3 is 1. The van der Waals surface area contributed by atoms with Crippen molar-refractivity contribution in [2.45, 2.75) is 38.6 Å². The van der Waals surface area contributed by atoms with E-state index < -0.39 is 0 Å². The van der Waals surface area contributed by atoms with E-state index in [0.29, 0.717) is 44.3 Å². The average molecular weight is 517 g/mol. The number of hydrogen-bond donors (Lipinski definition) is 0. The Kier molecular flexibility index (Phi) is 6.66. The van der Waals surface area contributed by atoms with E-state index in [1.807, 2.05) is 52.9 Å². The minimum atomic E-state index is -0.210. The van der Waals surface area contributed by atoms with Crippen molar-refractivity contribution in [1.29, 1.82) is 0 Å². The molecule has 2 saturated heterocycles. The average Bonchev–Trinajstić information content (AvgIpc) is 3.55. The lowest BCUT2D eigenvalue weighted by Crippen LogP contribution is -2.39. The molecular formula is C30H33FN4O3. The van der Waals surface area contributed by atoms with Gasteiger partial charge >= 0.3 is 0 Å². The lowest BCUT2D eigenvalue weighted by Gasteiger charge is -2.34. The van der Waals surface area contributed by atoms with E-state index in [2.05, 4.69) is 9.88 Å². The zero-order valence-electron chi connectivity index (χ0n) is 22.0. The van der Waals surface area contributed by atoms with Gasteiger partial charge in [0, 0.05) is 31.4 Å². The molecule has 3 aromatic rings. The lowest BCUT2D eigenvalue weighted by atomic mass is 9.97. The summed E-state index contributed by atoms with van der Waals surface area (Å²) >= 11 is 0. The molecule has 0 bridgehead atoms. The molecular weight excluding hydrogens is 483 g/mol. The molecule has 1 aliphatic carbocycles. The molecule has 3 heterocycles. The lowest BCUT2D eigenvalue weighted by molar-refractivity contribution is -0.131. The molecule has 198 valence electrons. The van der Waals surface area contributed by atoms with Gasteiger partial charge in [0.05, 0.1) is 49.8 Å². The molecule has 0 radical (unpaired) electrons. The highest BCUT2D eigenvalue weighted by molar-refractivity contribution is 5.99. The highest BCUT2D eigenvalue weighted by Crippen LogP contribution is 2.41. The van der Waals surface area contributed by atoms with Gasteiger partial charge in [0.1, 0.15) is 11.6 Å². The molecule has 38 heavy (non-hydrogen) atoms. The summed E-state index contributed by atoms with van der Waals surface area (Å²) in [6.45, 7) is 5.28. The number of rotatable bonds is 5. The number of amides is 1. The molecule has 2 aliphatic heterocycles. The summed E-state index contributed by atoms with van der Waals surface area (Å²) in [5, 5.41) is 0. The molecule has 6 rings (SSSR count). The van der Waals surface area contributed by atoms with Crippen LogP contribution in [0.15, 0.2) is 48.4 Å². The zero-order valence-corrected chi connectivity index (χ0v) is 22.0. The number of fused-ring (bicyclic) bond motifs is 1. The normalized spacial score (nSPS) is 20.8. The van der Waals surface area contributed by atoms with Gasteiger partial charge < -0.3 is 23.8 Å². The third-order valence-corrected chi connectivity index (χ3v) is 7.90. The zero-order chi connectivity index (χ0) is 26.2. The van der Waals surface area contributed by atoms with Crippen LogP contribution in [-0.2, 0) is 16.0 Å². The Labute approximate surface area is 222 Å². The summed E-state index contributed by atoms with van der Waals surface area (Å²) in [5.74, 6) is 0.547. The number of ether oxygens (including phenoxy) is 2. The maximum absolute atomic E-state index is 15.2. The largest absolute Gasteiger partial charge is 0.495 e. The Morgan fingerprint density at radius 2 is 1.95 bits per heavy atom. The number of benzene rings is 2. The van der Waals surface area contributed by atoms with Crippen LogP contribution in [0.3, 0.4) is 0 Å². The van der Waals surface area contributed by atoms with Gasteiger partial charge in [-0.2, -0.15) is 0 Å². The minimum absolute atomic E-state index is 0.0417. The summed E-state index contributed by atoms with van der Waals surface area (Å²) in [5.41, 5.74) is 6.28. The second-order valence-electron chi connectivity index (χ2n) is 10.3. The van der Waals surface area contributed by atoms with Crippen LogP contribution in [0.2, 0.25) is 0 Å². The molecule has 1 atom stereocenters. The fourth-order valence-electron chi connectivity index (χ4n) is 5.98. The molecule has 0 spiro atoms. The number of aromatic nitrogens is 2. The first kappa shape index (κ1) is 24.7. The summed E-state index contributed by atoms with van der Waals surface area (Å²) in [6, 6.07) is 9.52. The number of carbonyl (C=O) groups excluding carboxylic acids is 1. The van der Waals surface area contributed by atoms with Crippen molar-refractivity contribution in [2.75, 3.05) is 44.9 Å². The van der Waals surface area contributed by atoms with Crippen molar-refractivity contribution >= 4 is 17.7 Å². The van der Waals surface area contributed by atoms with E-state index in [4.69, 9.17) is 9.47 Å². The number of halogens is 1. The predicted octanol–water partition coefficient (Wildman–Crippen LogP) is 4.86.